The molecule has 1 N–H and O–H groups in total. The average Bonchev–Trinajstić information content (AvgIpc) is 4.11. The van der Waals surface area contributed by atoms with Crippen molar-refractivity contribution >= 4 is 45.8 Å². The number of carbonyl (C=O) groups excluding carboxylic acids is 4. The fourth-order valence-electron chi connectivity index (χ4n) is 9.53. The molecule has 59 heavy (non-hydrogen) atoms. The van der Waals surface area contributed by atoms with E-state index in [1.165, 1.54) is 0 Å². The third kappa shape index (κ3) is 8.75. The number of carbonyl (C=O) groups is 4. The number of nitrogens with zero attached hydrogens (tertiary/aromatic N) is 4. The molecule has 3 aromatic rings. The summed E-state index contributed by atoms with van der Waals surface area (Å²) >= 11 is -2.82. The van der Waals surface area contributed by atoms with Crippen LogP contribution in [0.1, 0.15) is 83.5 Å². The summed E-state index contributed by atoms with van der Waals surface area (Å²) in [5, 5.41) is 3.68. The van der Waals surface area contributed by atoms with Crippen LogP contribution in [0.3, 0.4) is 0 Å². The molecule has 5 aliphatic rings. The summed E-state index contributed by atoms with van der Waals surface area (Å²) < 4.78 is 37.8. The highest BCUT2D eigenvalue weighted by Crippen LogP contribution is 2.48. The Morgan fingerprint density at radius 3 is 2.44 bits per heavy atom. The predicted molar refractivity (Wildman–Crippen MR) is 221 cm³/mol. The first-order valence-electron chi connectivity index (χ1n) is 21.2. The van der Waals surface area contributed by atoms with Gasteiger partial charge >= 0.3 is 0 Å². The van der Waals surface area contributed by atoms with Crippen molar-refractivity contribution in [2.75, 3.05) is 26.7 Å². The van der Waals surface area contributed by atoms with Crippen molar-refractivity contribution in [3.8, 4) is 22.8 Å². The molecule has 0 radical (unpaired) electrons. The number of piperidine rings is 1. The van der Waals surface area contributed by atoms with E-state index in [2.05, 4.69) is 11.9 Å². The van der Waals surface area contributed by atoms with E-state index in [9.17, 15) is 23.1 Å². The second kappa shape index (κ2) is 17.4. The van der Waals surface area contributed by atoms with E-state index in [0.717, 1.165) is 60.2 Å². The second-order valence-electron chi connectivity index (χ2n) is 17.1. The Morgan fingerprint density at radius 1 is 1.03 bits per heavy atom. The minimum absolute atomic E-state index is 0.0386. The van der Waals surface area contributed by atoms with E-state index in [-0.39, 0.29) is 37.6 Å². The van der Waals surface area contributed by atoms with Crippen LogP contribution in [0, 0.1) is 17.8 Å². The van der Waals surface area contributed by atoms with Gasteiger partial charge < -0.3 is 29.1 Å². The van der Waals surface area contributed by atoms with Gasteiger partial charge in [0.05, 0.1) is 36.1 Å². The zero-order valence-electron chi connectivity index (χ0n) is 33.7. The van der Waals surface area contributed by atoms with E-state index in [1.807, 2.05) is 59.5 Å². The molecular weight excluding hydrogens is 771 g/mol. The first-order valence-corrected chi connectivity index (χ1v) is 22.3. The van der Waals surface area contributed by atoms with Gasteiger partial charge in [-0.15, -0.1) is 6.58 Å². The SMILES string of the molecule is C=C[C@H]1C[C@]1(NC(=O)[C@@H]1C[C@@H](Oc2cc(-c3ccccc3)nc3cc(OC)ccc23)CN1C(=O)[C@@H](CC(=O)N1CCCCC1)CC1CCCC1)C(=O)N(C1CC1)S(=O)[O-]. The number of ether oxygens (including phenoxy) is 2. The lowest BCUT2D eigenvalue weighted by Crippen LogP contribution is -2.57. The van der Waals surface area contributed by atoms with Gasteiger partial charge in [-0.05, 0) is 63.0 Å². The summed E-state index contributed by atoms with van der Waals surface area (Å²) in [7, 11) is 1.59. The third-order valence-electron chi connectivity index (χ3n) is 13.0. The molecule has 2 aliphatic heterocycles. The van der Waals surface area contributed by atoms with Gasteiger partial charge in [-0.3, -0.25) is 27.7 Å². The van der Waals surface area contributed by atoms with Gasteiger partial charge in [0.1, 0.15) is 29.2 Å². The zero-order chi connectivity index (χ0) is 41.3. The molecule has 13 nitrogen and oxygen atoms in total. The molecule has 1 aromatic heterocycles. The molecule has 2 aromatic carbocycles. The summed E-state index contributed by atoms with van der Waals surface area (Å²) in [6.07, 6.45) is 10.1. The topological polar surface area (TPSA) is 162 Å². The summed E-state index contributed by atoms with van der Waals surface area (Å²) in [6.45, 7) is 5.29. The van der Waals surface area contributed by atoms with Crippen LogP contribution < -0.4 is 14.8 Å². The molecule has 3 aliphatic carbocycles. The fourth-order valence-corrected chi connectivity index (χ4v) is 10.3. The molecule has 1 unspecified atom stereocenters. The van der Waals surface area contributed by atoms with Crippen LogP contribution in [0.2, 0.25) is 0 Å². The molecule has 14 heteroatoms. The number of hydrogen-bond acceptors (Lipinski definition) is 9. The van der Waals surface area contributed by atoms with E-state index in [4.69, 9.17) is 14.5 Å². The van der Waals surface area contributed by atoms with Crippen LogP contribution in [-0.4, -0.2) is 102 Å². The lowest BCUT2D eigenvalue weighted by Gasteiger charge is -2.33. The number of nitrogens with one attached hydrogen (secondary N) is 1. The standard InChI is InChI=1S/C45H55N5O8S/c1-3-32-27-45(32,44(54)50(59(55)56)33-16-17-33)47-42(52)39-25-35(58-40-26-37(30-14-6-4-7-15-30)46-38-24-34(57-2)18-19-36(38)40)28-49(39)43(53)31(22-29-12-8-9-13-29)23-41(51)48-20-10-5-11-21-48/h3-4,6-7,14-15,18-19,24,26,29,31-33,35,39H,1,5,8-13,16-17,20-23,25,27-28H2,2H3,(H,47,52)(H,55,56)/p-1/t31-,32+,35-,39+,45-/m1/s1. The maximum atomic E-state index is 15.0. The minimum atomic E-state index is -2.82. The highest BCUT2D eigenvalue weighted by molar-refractivity contribution is 7.77. The van der Waals surface area contributed by atoms with E-state index in [1.54, 1.807) is 18.1 Å². The van der Waals surface area contributed by atoms with Crippen molar-refractivity contribution in [2.24, 2.45) is 17.8 Å². The highest BCUT2D eigenvalue weighted by Gasteiger charge is 2.63. The summed E-state index contributed by atoms with van der Waals surface area (Å²) in [4.78, 5) is 65.9. The van der Waals surface area contributed by atoms with Crippen LogP contribution in [0.15, 0.2) is 67.3 Å². The Balaban J connectivity index is 1.12. The molecule has 3 saturated carbocycles. The number of rotatable bonds is 15. The monoisotopic (exact) mass is 824 g/mol. The van der Waals surface area contributed by atoms with Crippen molar-refractivity contribution in [3.63, 3.8) is 0 Å². The van der Waals surface area contributed by atoms with Crippen molar-refractivity contribution in [3.05, 3.63) is 67.3 Å². The van der Waals surface area contributed by atoms with Gasteiger partial charge in [-0.25, -0.2) is 4.98 Å². The van der Waals surface area contributed by atoms with Crippen LogP contribution in [0.25, 0.3) is 22.2 Å². The average molecular weight is 825 g/mol. The Labute approximate surface area is 348 Å². The molecule has 314 valence electrons. The number of hydrogen-bond donors (Lipinski definition) is 1. The Morgan fingerprint density at radius 2 is 1.78 bits per heavy atom. The second-order valence-corrected chi connectivity index (χ2v) is 17.9. The molecule has 2 saturated heterocycles. The molecular formula is C45H54N5O8S-. The third-order valence-corrected chi connectivity index (χ3v) is 13.8. The predicted octanol–water partition coefficient (Wildman–Crippen LogP) is 5.70. The maximum Gasteiger partial charge on any atom is 0.260 e. The van der Waals surface area contributed by atoms with Crippen LogP contribution >= 0.6 is 0 Å². The Hall–Kier alpha value is -4.82. The van der Waals surface area contributed by atoms with Crippen molar-refractivity contribution < 1.29 is 37.4 Å². The molecule has 8 rings (SSSR count). The first kappa shape index (κ1) is 40.9. The molecule has 4 amide bonds. The molecule has 0 spiro atoms. The number of fused-ring (bicyclic) bond motifs is 1. The number of aromatic nitrogens is 1. The van der Waals surface area contributed by atoms with E-state index < -0.39 is 58.6 Å². The fraction of sp³-hybridized carbons (Fsp3) is 0.533. The number of pyridine rings is 1. The largest absolute Gasteiger partial charge is 0.755 e. The first-order chi connectivity index (χ1) is 28.6. The summed E-state index contributed by atoms with van der Waals surface area (Å²) in [6, 6.07) is 15.6. The minimum Gasteiger partial charge on any atom is -0.755 e. The number of benzene rings is 2. The molecule has 3 heterocycles. The summed E-state index contributed by atoms with van der Waals surface area (Å²) in [5.74, 6) is -1.22. The summed E-state index contributed by atoms with van der Waals surface area (Å²) in [5.41, 5.74) is 0.712. The van der Waals surface area contributed by atoms with Crippen molar-refractivity contribution in [1.29, 1.82) is 0 Å². The number of likely N-dealkylation sites (tertiary alicyclic amines) is 2. The highest BCUT2D eigenvalue weighted by atomic mass is 32.2. The lowest BCUT2D eigenvalue weighted by molar-refractivity contribution is -0.146. The lowest BCUT2D eigenvalue weighted by atomic mass is 9.89. The number of amides is 4. The maximum absolute atomic E-state index is 15.0. The van der Waals surface area contributed by atoms with Gasteiger partial charge in [0.25, 0.3) is 5.91 Å². The van der Waals surface area contributed by atoms with Gasteiger partial charge in [0.2, 0.25) is 17.7 Å². The van der Waals surface area contributed by atoms with Crippen LogP contribution in [0.4, 0.5) is 0 Å². The Kier molecular flexibility index (Phi) is 12.1. The molecule has 5 fully saturated rings. The van der Waals surface area contributed by atoms with E-state index in [0.29, 0.717) is 61.0 Å². The normalized spacial score (nSPS) is 25.3. The van der Waals surface area contributed by atoms with Crippen LogP contribution in [-0.2, 0) is 30.4 Å². The smallest absolute Gasteiger partial charge is 0.260 e. The van der Waals surface area contributed by atoms with Gasteiger partial charge in [-0.1, -0.05) is 62.1 Å². The van der Waals surface area contributed by atoms with Crippen molar-refractivity contribution in [1.82, 2.24) is 24.4 Å². The molecule has 6 atom stereocenters. The van der Waals surface area contributed by atoms with Gasteiger partial charge in [0.15, 0.2) is 0 Å². The van der Waals surface area contributed by atoms with E-state index >= 15 is 4.79 Å². The van der Waals surface area contributed by atoms with Gasteiger partial charge in [0, 0.05) is 66.9 Å². The number of methoxy groups -OCH3 is 1. The van der Waals surface area contributed by atoms with Crippen LogP contribution in [0.5, 0.6) is 11.5 Å². The molecule has 0 bridgehead atoms. The Bertz CT molecular complexity index is 2100. The van der Waals surface area contributed by atoms with Gasteiger partial charge in [-0.2, -0.15) is 0 Å². The quantitative estimate of drug-likeness (QED) is 0.150. The van der Waals surface area contributed by atoms with Crippen molar-refractivity contribution in [2.45, 2.75) is 107 Å². The zero-order valence-corrected chi connectivity index (χ0v) is 34.5.